The molecular formula is C19H32N4O2. The summed E-state index contributed by atoms with van der Waals surface area (Å²) in [5.74, 6) is 1.89. The van der Waals surface area contributed by atoms with Crippen molar-refractivity contribution in [2.45, 2.75) is 64.1 Å². The first-order valence-electron chi connectivity index (χ1n) is 9.82. The van der Waals surface area contributed by atoms with Gasteiger partial charge in [-0.15, -0.1) is 0 Å². The van der Waals surface area contributed by atoms with Gasteiger partial charge in [0, 0.05) is 19.7 Å². The molecule has 0 spiro atoms. The summed E-state index contributed by atoms with van der Waals surface area (Å²) in [7, 11) is 0. The number of ether oxygens (including phenoxy) is 2. The Kier molecular flexibility index (Phi) is 6.87. The van der Waals surface area contributed by atoms with E-state index in [1.54, 1.807) is 12.4 Å². The lowest BCUT2D eigenvalue weighted by Gasteiger charge is -2.34. The normalized spacial score (nSPS) is 27.9. The van der Waals surface area contributed by atoms with Crippen LogP contribution in [-0.2, 0) is 9.47 Å². The average molecular weight is 348 g/mol. The second-order valence-corrected chi connectivity index (χ2v) is 7.26. The number of nitrogen functional groups attached to an aromatic ring is 1. The van der Waals surface area contributed by atoms with E-state index >= 15 is 0 Å². The third-order valence-electron chi connectivity index (χ3n) is 5.30. The molecule has 1 aliphatic heterocycles. The molecule has 1 saturated heterocycles. The summed E-state index contributed by atoms with van der Waals surface area (Å²) in [5, 5.41) is 0. The highest BCUT2D eigenvalue weighted by atomic mass is 16.5. The second kappa shape index (κ2) is 9.34. The number of rotatable bonds is 6. The zero-order valence-corrected chi connectivity index (χ0v) is 15.4. The highest BCUT2D eigenvalue weighted by Crippen LogP contribution is 2.26. The molecule has 0 radical (unpaired) electrons. The van der Waals surface area contributed by atoms with E-state index in [9.17, 15) is 0 Å². The lowest BCUT2D eigenvalue weighted by atomic mass is 9.98. The molecule has 0 amide bonds. The van der Waals surface area contributed by atoms with Crippen molar-refractivity contribution in [3.05, 3.63) is 12.4 Å². The van der Waals surface area contributed by atoms with Gasteiger partial charge < -0.3 is 20.1 Å². The standard InChI is InChI=1S/C19H32N4O2/c1-2-24-16-8-4-3-5-9-17(16)25-14-15-7-6-10-23(13-15)19-12-21-11-18(20)22-19/h11-12,15-17H,2-10,13-14H2,1H3,(H2,20,22). The van der Waals surface area contributed by atoms with E-state index in [1.165, 1.54) is 25.7 Å². The third kappa shape index (κ3) is 5.28. The quantitative estimate of drug-likeness (QED) is 0.797. The van der Waals surface area contributed by atoms with Gasteiger partial charge in [0.1, 0.15) is 11.6 Å². The maximum absolute atomic E-state index is 6.36. The fourth-order valence-electron chi connectivity index (χ4n) is 4.03. The van der Waals surface area contributed by atoms with Gasteiger partial charge in [-0.05, 0) is 38.5 Å². The lowest BCUT2D eigenvalue weighted by molar-refractivity contribution is -0.0816. The van der Waals surface area contributed by atoms with Gasteiger partial charge in [-0.1, -0.05) is 19.3 Å². The van der Waals surface area contributed by atoms with E-state index in [1.807, 2.05) is 0 Å². The molecule has 140 valence electrons. The van der Waals surface area contributed by atoms with Gasteiger partial charge in [0.15, 0.2) is 0 Å². The first kappa shape index (κ1) is 18.4. The number of hydrogen-bond acceptors (Lipinski definition) is 6. The Balaban J connectivity index is 1.53. The van der Waals surface area contributed by atoms with Crippen LogP contribution >= 0.6 is 0 Å². The number of nitrogens with two attached hydrogens (primary N) is 1. The van der Waals surface area contributed by atoms with Crippen molar-refractivity contribution >= 4 is 11.6 Å². The molecule has 1 aromatic rings. The largest absolute Gasteiger partial charge is 0.382 e. The van der Waals surface area contributed by atoms with E-state index in [2.05, 4.69) is 21.8 Å². The minimum absolute atomic E-state index is 0.255. The SMILES string of the molecule is CCOC1CCCCCC1OCC1CCCN(c2cncc(N)n2)C1. The minimum Gasteiger partial charge on any atom is -0.382 e. The van der Waals surface area contributed by atoms with Crippen LogP contribution in [0.5, 0.6) is 0 Å². The fraction of sp³-hybridized carbons (Fsp3) is 0.789. The molecule has 6 heteroatoms. The molecule has 0 aromatic carbocycles. The van der Waals surface area contributed by atoms with Crippen LogP contribution < -0.4 is 10.6 Å². The third-order valence-corrected chi connectivity index (χ3v) is 5.30. The zero-order chi connectivity index (χ0) is 17.5. The molecule has 2 fully saturated rings. The summed E-state index contributed by atoms with van der Waals surface area (Å²) in [4.78, 5) is 10.9. The first-order valence-corrected chi connectivity index (χ1v) is 9.82. The van der Waals surface area contributed by atoms with E-state index in [0.29, 0.717) is 11.7 Å². The van der Waals surface area contributed by atoms with E-state index in [0.717, 1.165) is 51.4 Å². The summed E-state index contributed by atoms with van der Waals surface area (Å²) in [6, 6.07) is 0. The Hall–Kier alpha value is -1.40. The molecule has 1 aromatic heterocycles. The van der Waals surface area contributed by atoms with Crippen molar-refractivity contribution in [3.63, 3.8) is 0 Å². The number of anilines is 2. The van der Waals surface area contributed by atoms with Crippen LogP contribution in [0.15, 0.2) is 12.4 Å². The monoisotopic (exact) mass is 348 g/mol. The molecule has 6 nitrogen and oxygen atoms in total. The Morgan fingerprint density at radius 2 is 1.88 bits per heavy atom. The van der Waals surface area contributed by atoms with Crippen LogP contribution in [0.1, 0.15) is 51.9 Å². The predicted molar refractivity (Wildman–Crippen MR) is 99.6 cm³/mol. The highest BCUT2D eigenvalue weighted by molar-refractivity contribution is 5.41. The first-order chi connectivity index (χ1) is 12.3. The summed E-state index contributed by atoms with van der Waals surface area (Å²) in [6.45, 7) is 5.63. The van der Waals surface area contributed by atoms with Gasteiger partial charge in [-0.25, -0.2) is 4.98 Å². The molecule has 2 heterocycles. The Labute approximate surface area is 151 Å². The van der Waals surface area contributed by atoms with Gasteiger partial charge in [-0.3, -0.25) is 4.98 Å². The topological polar surface area (TPSA) is 73.5 Å². The lowest BCUT2D eigenvalue weighted by Crippen LogP contribution is -2.39. The van der Waals surface area contributed by atoms with Crippen molar-refractivity contribution < 1.29 is 9.47 Å². The summed E-state index contributed by atoms with van der Waals surface area (Å²) >= 11 is 0. The Morgan fingerprint density at radius 1 is 1.08 bits per heavy atom. The number of piperidine rings is 1. The predicted octanol–water partition coefficient (Wildman–Crippen LogP) is 3.03. The molecule has 25 heavy (non-hydrogen) atoms. The van der Waals surface area contributed by atoms with Gasteiger partial charge in [0.05, 0.1) is 31.2 Å². The minimum atomic E-state index is 0.255. The van der Waals surface area contributed by atoms with Crippen LogP contribution in [0, 0.1) is 5.92 Å². The molecule has 1 saturated carbocycles. The summed E-state index contributed by atoms with van der Waals surface area (Å²) in [6.07, 6.45) is 12.4. The summed E-state index contributed by atoms with van der Waals surface area (Å²) in [5.41, 5.74) is 5.78. The van der Waals surface area contributed by atoms with E-state index < -0.39 is 0 Å². The number of nitrogens with zero attached hydrogens (tertiary/aromatic N) is 3. The zero-order valence-electron chi connectivity index (χ0n) is 15.4. The van der Waals surface area contributed by atoms with Crippen LogP contribution in [0.3, 0.4) is 0 Å². The van der Waals surface area contributed by atoms with Crippen molar-refractivity contribution in [3.8, 4) is 0 Å². The van der Waals surface area contributed by atoms with Crippen LogP contribution in [0.2, 0.25) is 0 Å². The van der Waals surface area contributed by atoms with Crippen molar-refractivity contribution in [1.82, 2.24) is 9.97 Å². The molecule has 2 N–H and O–H groups in total. The van der Waals surface area contributed by atoms with Gasteiger partial charge in [0.2, 0.25) is 0 Å². The van der Waals surface area contributed by atoms with Crippen LogP contribution in [0.4, 0.5) is 11.6 Å². The van der Waals surface area contributed by atoms with Gasteiger partial charge in [-0.2, -0.15) is 0 Å². The van der Waals surface area contributed by atoms with E-state index in [-0.39, 0.29) is 12.2 Å². The number of aromatic nitrogens is 2. The molecule has 3 rings (SSSR count). The van der Waals surface area contributed by atoms with E-state index in [4.69, 9.17) is 15.2 Å². The highest BCUT2D eigenvalue weighted by Gasteiger charge is 2.27. The van der Waals surface area contributed by atoms with Gasteiger partial charge >= 0.3 is 0 Å². The molecule has 3 unspecified atom stereocenters. The second-order valence-electron chi connectivity index (χ2n) is 7.26. The Bertz CT molecular complexity index is 528. The molecule has 1 aliphatic carbocycles. The maximum Gasteiger partial charge on any atom is 0.149 e. The Morgan fingerprint density at radius 3 is 2.64 bits per heavy atom. The molecule has 0 bridgehead atoms. The van der Waals surface area contributed by atoms with Crippen molar-refractivity contribution in [1.29, 1.82) is 0 Å². The average Bonchev–Trinajstić information content (AvgIpc) is 2.86. The fourth-order valence-corrected chi connectivity index (χ4v) is 4.03. The van der Waals surface area contributed by atoms with Gasteiger partial charge in [0.25, 0.3) is 0 Å². The molecular weight excluding hydrogens is 316 g/mol. The van der Waals surface area contributed by atoms with Crippen LogP contribution in [0.25, 0.3) is 0 Å². The van der Waals surface area contributed by atoms with Crippen LogP contribution in [-0.4, -0.2) is 48.5 Å². The van der Waals surface area contributed by atoms with Crippen molar-refractivity contribution in [2.75, 3.05) is 36.9 Å². The van der Waals surface area contributed by atoms with Crippen molar-refractivity contribution in [2.24, 2.45) is 5.92 Å². The smallest absolute Gasteiger partial charge is 0.149 e. The molecule has 3 atom stereocenters. The summed E-state index contributed by atoms with van der Waals surface area (Å²) < 4.78 is 12.3. The maximum atomic E-state index is 6.36. The molecule has 2 aliphatic rings. The number of hydrogen-bond donors (Lipinski definition) is 1.